The lowest BCUT2D eigenvalue weighted by Gasteiger charge is -2.17. The summed E-state index contributed by atoms with van der Waals surface area (Å²) in [4.78, 5) is 0. The number of aromatic nitrogens is 2. The SMILES string of the molecule is Nc1[nH]ncc1NC(C1CC1)C1CC1. The van der Waals surface area contributed by atoms with Gasteiger partial charge in [-0.15, -0.1) is 0 Å². The summed E-state index contributed by atoms with van der Waals surface area (Å²) in [5, 5.41) is 10.2. The van der Waals surface area contributed by atoms with Crippen molar-refractivity contribution in [3.63, 3.8) is 0 Å². The average Bonchev–Trinajstić information content (AvgIpc) is 3.05. The molecule has 0 atom stereocenters. The van der Waals surface area contributed by atoms with E-state index in [1.165, 1.54) is 25.7 Å². The van der Waals surface area contributed by atoms with Gasteiger partial charge in [-0.1, -0.05) is 0 Å². The van der Waals surface area contributed by atoms with E-state index in [1.807, 2.05) is 0 Å². The van der Waals surface area contributed by atoms with Crippen LogP contribution in [0.15, 0.2) is 6.20 Å². The van der Waals surface area contributed by atoms with Crippen molar-refractivity contribution < 1.29 is 0 Å². The Bertz CT molecular complexity index is 313. The summed E-state index contributed by atoms with van der Waals surface area (Å²) < 4.78 is 0. The van der Waals surface area contributed by atoms with E-state index < -0.39 is 0 Å². The normalized spacial score (nSPS) is 21.5. The van der Waals surface area contributed by atoms with E-state index >= 15 is 0 Å². The zero-order chi connectivity index (χ0) is 9.54. The van der Waals surface area contributed by atoms with Crippen molar-refractivity contribution in [1.29, 1.82) is 0 Å². The maximum absolute atomic E-state index is 5.75. The highest BCUT2D eigenvalue weighted by molar-refractivity contribution is 5.60. The number of nitrogen functional groups attached to an aromatic ring is 1. The first-order chi connectivity index (χ1) is 6.84. The minimum Gasteiger partial charge on any atom is -0.382 e. The van der Waals surface area contributed by atoms with E-state index in [9.17, 15) is 0 Å². The molecule has 1 aromatic rings. The minimum absolute atomic E-state index is 0.648. The Balaban J connectivity index is 1.71. The summed E-state index contributed by atoms with van der Waals surface area (Å²) in [5.41, 5.74) is 6.73. The van der Waals surface area contributed by atoms with Crippen LogP contribution in [0.25, 0.3) is 0 Å². The molecule has 0 bridgehead atoms. The van der Waals surface area contributed by atoms with Crippen molar-refractivity contribution in [2.75, 3.05) is 11.1 Å². The predicted octanol–water partition coefficient (Wildman–Crippen LogP) is 1.59. The van der Waals surface area contributed by atoms with Gasteiger partial charge in [-0.2, -0.15) is 5.10 Å². The molecule has 14 heavy (non-hydrogen) atoms. The third-order valence-electron chi connectivity index (χ3n) is 3.25. The molecule has 2 saturated carbocycles. The number of H-pyrrole nitrogens is 1. The van der Waals surface area contributed by atoms with E-state index in [2.05, 4.69) is 15.5 Å². The van der Waals surface area contributed by atoms with Crippen LogP contribution >= 0.6 is 0 Å². The van der Waals surface area contributed by atoms with E-state index in [1.54, 1.807) is 6.20 Å². The summed E-state index contributed by atoms with van der Waals surface area (Å²) in [6, 6.07) is 0.648. The predicted molar refractivity (Wildman–Crippen MR) is 55.9 cm³/mol. The molecule has 2 fully saturated rings. The molecule has 4 N–H and O–H groups in total. The van der Waals surface area contributed by atoms with Crippen LogP contribution in [-0.2, 0) is 0 Å². The van der Waals surface area contributed by atoms with Gasteiger partial charge >= 0.3 is 0 Å². The fourth-order valence-electron chi connectivity index (χ4n) is 2.12. The van der Waals surface area contributed by atoms with Gasteiger partial charge < -0.3 is 11.1 Å². The molecule has 3 rings (SSSR count). The summed E-state index contributed by atoms with van der Waals surface area (Å²) in [6.07, 6.45) is 7.31. The van der Waals surface area contributed by atoms with Crippen LogP contribution < -0.4 is 11.1 Å². The van der Waals surface area contributed by atoms with Gasteiger partial charge in [-0.25, -0.2) is 0 Å². The molecule has 4 heteroatoms. The van der Waals surface area contributed by atoms with Crippen LogP contribution in [0.2, 0.25) is 0 Å². The lowest BCUT2D eigenvalue weighted by molar-refractivity contribution is 0.568. The van der Waals surface area contributed by atoms with Crippen LogP contribution in [0.3, 0.4) is 0 Å². The van der Waals surface area contributed by atoms with Crippen molar-refractivity contribution in [2.24, 2.45) is 11.8 Å². The fourth-order valence-corrected chi connectivity index (χ4v) is 2.12. The zero-order valence-corrected chi connectivity index (χ0v) is 8.16. The number of hydrogen-bond donors (Lipinski definition) is 3. The number of rotatable bonds is 4. The third kappa shape index (κ3) is 1.45. The third-order valence-corrected chi connectivity index (χ3v) is 3.25. The van der Waals surface area contributed by atoms with Crippen LogP contribution in [-0.4, -0.2) is 16.2 Å². The van der Waals surface area contributed by atoms with Gasteiger partial charge in [0, 0.05) is 6.04 Å². The Labute approximate surface area is 83.3 Å². The Kier molecular flexibility index (Phi) is 1.69. The first-order valence-electron chi connectivity index (χ1n) is 5.40. The first kappa shape index (κ1) is 8.15. The molecule has 2 aliphatic rings. The quantitative estimate of drug-likeness (QED) is 0.678. The second-order valence-corrected chi connectivity index (χ2v) is 4.54. The maximum atomic E-state index is 5.75. The molecule has 0 aliphatic heterocycles. The lowest BCUT2D eigenvalue weighted by Crippen LogP contribution is -2.24. The minimum atomic E-state index is 0.648. The van der Waals surface area contributed by atoms with Gasteiger partial charge in [0.1, 0.15) is 5.82 Å². The van der Waals surface area contributed by atoms with E-state index in [0.29, 0.717) is 11.9 Å². The molecular weight excluding hydrogens is 176 g/mol. The standard InChI is InChI=1S/C10H16N4/c11-10-8(5-12-14-10)13-9(6-1-2-6)7-3-4-7/h5-7,9,13H,1-4H2,(H3,11,12,14). The van der Waals surface area contributed by atoms with Gasteiger partial charge in [-0.3, -0.25) is 5.10 Å². The molecule has 0 amide bonds. The van der Waals surface area contributed by atoms with Gasteiger partial charge in [0.05, 0.1) is 11.9 Å². The van der Waals surface area contributed by atoms with E-state index in [0.717, 1.165) is 17.5 Å². The average molecular weight is 192 g/mol. The van der Waals surface area contributed by atoms with Gasteiger partial charge in [-0.05, 0) is 37.5 Å². The lowest BCUT2D eigenvalue weighted by atomic mass is 10.1. The molecule has 1 heterocycles. The van der Waals surface area contributed by atoms with Crippen molar-refractivity contribution in [2.45, 2.75) is 31.7 Å². The largest absolute Gasteiger partial charge is 0.382 e. The number of aromatic amines is 1. The molecule has 4 nitrogen and oxygen atoms in total. The number of anilines is 2. The molecule has 0 spiro atoms. The number of nitrogens with one attached hydrogen (secondary N) is 2. The number of nitrogens with two attached hydrogens (primary N) is 1. The zero-order valence-electron chi connectivity index (χ0n) is 8.16. The van der Waals surface area contributed by atoms with Crippen LogP contribution in [0.1, 0.15) is 25.7 Å². The van der Waals surface area contributed by atoms with Crippen LogP contribution in [0.4, 0.5) is 11.5 Å². The fraction of sp³-hybridized carbons (Fsp3) is 0.700. The van der Waals surface area contributed by atoms with Gasteiger partial charge in [0.15, 0.2) is 0 Å². The van der Waals surface area contributed by atoms with Crippen molar-refractivity contribution in [1.82, 2.24) is 10.2 Å². The van der Waals surface area contributed by atoms with Crippen molar-refractivity contribution >= 4 is 11.5 Å². The van der Waals surface area contributed by atoms with Crippen LogP contribution in [0, 0.1) is 11.8 Å². The first-order valence-corrected chi connectivity index (χ1v) is 5.40. The molecular formula is C10H16N4. The molecule has 0 unspecified atom stereocenters. The summed E-state index contributed by atoms with van der Waals surface area (Å²) >= 11 is 0. The Hall–Kier alpha value is -1.19. The maximum Gasteiger partial charge on any atom is 0.142 e. The van der Waals surface area contributed by atoms with Crippen molar-refractivity contribution in [3.8, 4) is 0 Å². The number of nitrogens with zero attached hydrogens (tertiary/aromatic N) is 1. The van der Waals surface area contributed by atoms with Gasteiger partial charge in [0.25, 0.3) is 0 Å². The Morgan fingerprint density at radius 1 is 1.36 bits per heavy atom. The molecule has 0 saturated heterocycles. The Morgan fingerprint density at radius 3 is 2.43 bits per heavy atom. The molecule has 76 valence electrons. The summed E-state index contributed by atoms with van der Waals surface area (Å²) in [6.45, 7) is 0. The summed E-state index contributed by atoms with van der Waals surface area (Å²) in [7, 11) is 0. The smallest absolute Gasteiger partial charge is 0.142 e. The van der Waals surface area contributed by atoms with Gasteiger partial charge in [0.2, 0.25) is 0 Å². The highest BCUT2D eigenvalue weighted by atomic mass is 15.2. The molecule has 1 aromatic heterocycles. The Morgan fingerprint density at radius 2 is 2.00 bits per heavy atom. The van der Waals surface area contributed by atoms with E-state index in [-0.39, 0.29) is 0 Å². The molecule has 0 radical (unpaired) electrons. The second kappa shape index (κ2) is 2.90. The highest BCUT2D eigenvalue weighted by Crippen LogP contribution is 2.46. The number of hydrogen-bond acceptors (Lipinski definition) is 3. The second-order valence-electron chi connectivity index (χ2n) is 4.54. The molecule has 0 aromatic carbocycles. The summed E-state index contributed by atoms with van der Waals surface area (Å²) in [5.74, 6) is 2.44. The molecule has 2 aliphatic carbocycles. The topological polar surface area (TPSA) is 66.7 Å². The van der Waals surface area contributed by atoms with Crippen molar-refractivity contribution in [3.05, 3.63) is 6.20 Å². The van der Waals surface area contributed by atoms with Crippen LogP contribution in [0.5, 0.6) is 0 Å². The monoisotopic (exact) mass is 192 g/mol. The van der Waals surface area contributed by atoms with E-state index in [4.69, 9.17) is 5.73 Å². The highest BCUT2D eigenvalue weighted by Gasteiger charge is 2.41.